The second-order valence-electron chi connectivity index (χ2n) is 6.72. The third-order valence-electron chi connectivity index (χ3n) is 4.95. The Bertz CT molecular complexity index is 853. The third-order valence-corrected chi connectivity index (χ3v) is 5.19. The van der Waals surface area contributed by atoms with Gasteiger partial charge < -0.3 is 4.74 Å². The van der Waals surface area contributed by atoms with Crippen molar-refractivity contribution in [2.45, 2.75) is 51.0 Å². The van der Waals surface area contributed by atoms with Crippen LogP contribution in [0.15, 0.2) is 42.6 Å². The molecule has 5 heteroatoms. The second-order valence-corrected chi connectivity index (χ2v) is 7.16. The fourth-order valence-corrected chi connectivity index (χ4v) is 3.82. The van der Waals surface area contributed by atoms with Gasteiger partial charge in [-0.1, -0.05) is 49.4 Å². The zero-order valence-electron chi connectivity index (χ0n) is 14.2. The molecule has 0 atom stereocenters. The number of ether oxygens (including phenoxy) is 1. The summed E-state index contributed by atoms with van der Waals surface area (Å²) in [5, 5.41) is 9.66. The number of halogens is 1. The first-order valence-corrected chi connectivity index (χ1v) is 9.40. The molecule has 2 heterocycles. The van der Waals surface area contributed by atoms with Crippen LogP contribution in [0.4, 0.5) is 0 Å². The maximum absolute atomic E-state index is 6.02. The molecule has 0 bridgehead atoms. The lowest BCUT2D eigenvalue weighted by Gasteiger charge is -2.12. The van der Waals surface area contributed by atoms with Crippen LogP contribution < -0.4 is 4.74 Å². The molecule has 1 aliphatic rings. The molecule has 1 aromatic carbocycles. The number of aromatic nitrogens is 3. The maximum Gasteiger partial charge on any atom is 0.167 e. The molecule has 4 rings (SSSR count). The van der Waals surface area contributed by atoms with Crippen molar-refractivity contribution in [3.8, 4) is 5.75 Å². The molecule has 0 unspecified atom stereocenters. The number of pyridine rings is 1. The number of nitrogens with zero attached hydrogens (tertiary/aromatic N) is 3. The molecule has 0 spiro atoms. The van der Waals surface area contributed by atoms with Gasteiger partial charge in [-0.15, -0.1) is 10.2 Å². The Hall–Kier alpha value is -2.07. The zero-order chi connectivity index (χ0) is 17.1. The van der Waals surface area contributed by atoms with E-state index >= 15 is 0 Å². The summed E-state index contributed by atoms with van der Waals surface area (Å²) < 4.78 is 8.04. The van der Waals surface area contributed by atoms with Gasteiger partial charge in [0.25, 0.3) is 0 Å². The van der Waals surface area contributed by atoms with Crippen LogP contribution in [0.3, 0.4) is 0 Å². The number of benzene rings is 1. The number of rotatable bonds is 4. The van der Waals surface area contributed by atoms with E-state index in [4.69, 9.17) is 16.3 Å². The lowest BCUT2D eigenvalue weighted by atomic mass is 9.99. The quantitative estimate of drug-likeness (QED) is 0.588. The average Bonchev–Trinajstić information content (AvgIpc) is 2.87. The van der Waals surface area contributed by atoms with Gasteiger partial charge in [0, 0.05) is 22.7 Å². The Labute approximate surface area is 152 Å². The Morgan fingerprint density at radius 3 is 2.68 bits per heavy atom. The molecular formula is C20H22ClN3O. The van der Waals surface area contributed by atoms with Crippen molar-refractivity contribution in [3.63, 3.8) is 0 Å². The van der Waals surface area contributed by atoms with E-state index in [0.717, 1.165) is 22.8 Å². The number of fused-ring (bicyclic) bond motifs is 1. The zero-order valence-corrected chi connectivity index (χ0v) is 15.0. The predicted molar refractivity (Wildman–Crippen MR) is 99.2 cm³/mol. The van der Waals surface area contributed by atoms with Crippen molar-refractivity contribution in [2.75, 3.05) is 0 Å². The molecule has 1 fully saturated rings. The van der Waals surface area contributed by atoms with E-state index in [1.807, 2.05) is 36.4 Å². The summed E-state index contributed by atoms with van der Waals surface area (Å²) in [6.45, 7) is 0.452. The molecule has 0 amide bonds. The summed E-state index contributed by atoms with van der Waals surface area (Å²) in [4.78, 5) is 0. The lowest BCUT2D eigenvalue weighted by Crippen LogP contribution is -2.05. The third kappa shape index (κ3) is 3.64. The molecule has 1 aliphatic carbocycles. The molecule has 3 aromatic rings. The first kappa shape index (κ1) is 16.4. The van der Waals surface area contributed by atoms with E-state index < -0.39 is 0 Å². The molecule has 2 aromatic heterocycles. The second kappa shape index (κ2) is 7.44. The van der Waals surface area contributed by atoms with Crippen molar-refractivity contribution in [3.05, 3.63) is 59.0 Å². The minimum atomic E-state index is 0.452. The molecule has 0 radical (unpaired) electrons. The topological polar surface area (TPSA) is 39.4 Å². The minimum Gasteiger partial charge on any atom is -0.489 e. The summed E-state index contributed by atoms with van der Waals surface area (Å²) in [5.74, 6) is 2.38. The lowest BCUT2D eigenvalue weighted by molar-refractivity contribution is 0.307. The molecule has 130 valence electrons. The molecule has 0 N–H and O–H groups in total. The van der Waals surface area contributed by atoms with Crippen LogP contribution >= 0.6 is 11.6 Å². The molecule has 25 heavy (non-hydrogen) atoms. The number of hydrogen-bond donors (Lipinski definition) is 0. The predicted octanol–water partition coefficient (Wildman–Crippen LogP) is 5.40. The molecular weight excluding hydrogens is 334 g/mol. The van der Waals surface area contributed by atoms with E-state index in [0.29, 0.717) is 17.5 Å². The highest BCUT2D eigenvalue weighted by Crippen LogP contribution is 2.31. The van der Waals surface area contributed by atoms with E-state index in [-0.39, 0.29) is 0 Å². The summed E-state index contributed by atoms with van der Waals surface area (Å²) >= 11 is 6.02. The summed E-state index contributed by atoms with van der Waals surface area (Å²) in [5.41, 5.74) is 1.93. The van der Waals surface area contributed by atoms with Gasteiger partial charge in [-0.05, 0) is 37.1 Å². The highest BCUT2D eigenvalue weighted by atomic mass is 35.5. The molecule has 0 aliphatic heterocycles. The Balaban J connectivity index is 1.58. The average molecular weight is 356 g/mol. The van der Waals surface area contributed by atoms with Gasteiger partial charge in [0.05, 0.1) is 0 Å². The van der Waals surface area contributed by atoms with E-state index in [1.54, 1.807) is 0 Å². The Kier molecular flexibility index (Phi) is 4.88. The van der Waals surface area contributed by atoms with Gasteiger partial charge in [-0.25, -0.2) is 0 Å². The van der Waals surface area contributed by atoms with Crippen LogP contribution in [0.5, 0.6) is 5.75 Å². The summed E-state index contributed by atoms with van der Waals surface area (Å²) in [7, 11) is 0. The van der Waals surface area contributed by atoms with Crippen LogP contribution in [0.25, 0.3) is 5.65 Å². The molecule has 1 saturated carbocycles. The standard InChI is InChI=1S/C20H22ClN3O/c21-17-10-5-11-18(13-17)25-14-16-9-6-12-24-19(22-23-20(16)24)15-7-3-1-2-4-8-15/h5-6,9-13,15H,1-4,7-8,14H2. The SMILES string of the molecule is Clc1cccc(OCc2cccn3c(C4CCCCCC4)nnc23)c1. The van der Waals surface area contributed by atoms with Gasteiger partial charge in [0.2, 0.25) is 0 Å². The highest BCUT2D eigenvalue weighted by Gasteiger charge is 2.20. The van der Waals surface area contributed by atoms with Crippen molar-refractivity contribution in [1.29, 1.82) is 0 Å². The van der Waals surface area contributed by atoms with Gasteiger partial charge in [-0.2, -0.15) is 0 Å². The first-order chi connectivity index (χ1) is 12.3. The summed E-state index contributed by atoms with van der Waals surface area (Å²) in [6, 6.07) is 11.6. The van der Waals surface area contributed by atoms with Crippen molar-refractivity contribution < 1.29 is 4.74 Å². The maximum atomic E-state index is 6.02. The van der Waals surface area contributed by atoms with E-state index in [9.17, 15) is 0 Å². The molecule has 0 saturated heterocycles. The molecule has 4 nitrogen and oxygen atoms in total. The van der Waals surface area contributed by atoms with Crippen LogP contribution in [0.1, 0.15) is 55.8 Å². The normalized spacial score (nSPS) is 16.0. The fourth-order valence-electron chi connectivity index (χ4n) is 3.64. The van der Waals surface area contributed by atoms with Gasteiger partial charge in [0.15, 0.2) is 5.65 Å². The largest absolute Gasteiger partial charge is 0.489 e. The first-order valence-electron chi connectivity index (χ1n) is 9.02. The Morgan fingerprint density at radius 2 is 1.88 bits per heavy atom. The van der Waals surface area contributed by atoms with Crippen LogP contribution in [0, 0.1) is 0 Å². The van der Waals surface area contributed by atoms with Crippen LogP contribution in [-0.4, -0.2) is 14.6 Å². The van der Waals surface area contributed by atoms with Gasteiger partial charge in [0.1, 0.15) is 18.2 Å². The Morgan fingerprint density at radius 1 is 1.04 bits per heavy atom. The van der Waals surface area contributed by atoms with Crippen molar-refractivity contribution in [2.24, 2.45) is 0 Å². The van der Waals surface area contributed by atoms with Crippen LogP contribution in [0.2, 0.25) is 5.02 Å². The smallest absolute Gasteiger partial charge is 0.167 e. The minimum absolute atomic E-state index is 0.452. The van der Waals surface area contributed by atoms with Gasteiger partial charge in [-0.3, -0.25) is 4.40 Å². The monoisotopic (exact) mass is 355 g/mol. The van der Waals surface area contributed by atoms with E-state index in [2.05, 4.69) is 20.8 Å². The van der Waals surface area contributed by atoms with Crippen LogP contribution in [-0.2, 0) is 6.61 Å². The number of hydrogen-bond acceptors (Lipinski definition) is 3. The van der Waals surface area contributed by atoms with E-state index in [1.165, 1.54) is 38.5 Å². The van der Waals surface area contributed by atoms with Crippen molar-refractivity contribution >= 4 is 17.2 Å². The summed E-state index contributed by atoms with van der Waals surface area (Å²) in [6.07, 6.45) is 9.75. The highest BCUT2D eigenvalue weighted by molar-refractivity contribution is 6.30. The fraction of sp³-hybridized carbons (Fsp3) is 0.400. The van der Waals surface area contributed by atoms with Gasteiger partial charge >= 0.3 is 0 Å². The van der Waals surface area contributed by atoms with Crippen molar-refractivity contribution in [1.82, 2.24) is 14.6 Å².